The summed E-state index contributed by atoms with van der Waals surface area (Å²) in [7, 11) is 0. The summed E-state index contributed by atoms with van der Waals surface area (Å²) in [6.07, 6.45) is 14.5. The van der Waals surface area contributed by atoms with Crippen LogP contribution in [0.15, 0.2) is 47.1 Å². The Balaban J connectivity index is 2.42. The molecule has 24 heavy (non-hydrogen) atoms. The van der Waals surface area contributed by atoms with E-state index in [2.05, 4.69) is 45.9 Å². The standard InChI is InChI=1S/C22H32O2/c1-16(2)8-6-9-17(3)10-7-11-18(4)12-13-20-19(5)21(23)14-15-22(20)24/h8,10,12,14-15,19-20H,6-7,9,11,13H2,1-5H3/b17-10+,18-12+/t19?,20-/m0/s1. The Labute approximate surface area is 147 Å². The van der Waals surface area contributed by atoms with Crippen molar-refractivity contribution in [2.24, 2.45) is 11.8 Å². The van der Waals surface area contributed by atoms with Crippen LogP contribution in [0.4, 0.5) is 0 Å². The lowest BCUT2D eigenvalue weighted by atomic mass is 9.80. The van der Waals surface area contributed by atoms with Gasteiger partial charge in [0.15, 0.2) is 11.6 Å². The minimum absolute atomic E-state index is 0.0700. The van der Waals surface area contributed by atoms with Crippen molar-refractivity contribution in [3.05, 3.63) is 47.1 Å². The minimum Gasteiger partial charge on any atom is -0.295 e. The number of carbonyl (C=O) groups excluding carboxylic acids is 2. The van der Waals surface area contributed by atoms with Gasteiger partial charge in [0, 0.05) is 11.8 Å². The second-order valence-electron chi connectivity index (χ2n) is 7.23. The van der Waals surface area contributed by atoms with E-state index in [4.69, 9.17) is 0 Å². The largest absolute Gasteiger partial charge is 0.295 e. The summed E-state index contributed by atoms with van der Waals surface area (Å²) >= 11 is 0. The number of rotatable bonds is 8. The number of carbonyl (C=O) groups is 2. The van der Waals surface area contributed by atoms with Crippen molar-refractivity contribution in [3.63, 3.8) is 0 Å². The zero-order valence-corrected chi connectivity index (χ0v) is 15.9. The number of allylic oxidation sites excluding steroid dienone is 8. The van der Waals surface area contributed by atoms with Gasteiger partial charge in [0.25, 0.3) is 0 Å². The predicted octanol–water partition coefficient (Wildman–Crippen LogP) is 5.76. The van der Waals surface area contributed by atoms with Gasteiger partial charge in [0.2, 0.25) is 0 Å². The maximum absolute atomic E-state index is 11.9. The molecule has 2 atom stereocenters. The Morgan fingerprint density at radius 1 is 0.875 bits per heavy atom. The van der Waals surface area contributed by atoms with Crippen LogP contribution in [0.2, 0.25) is 0 Å². The molecule has 1 unspecified atom stereocenters. The van der Waals surface area contributed by atoms with Crippen molar-refractivity contribution in [1.29, 1.82) is 0 Å². The zero-order chi connectivity index (χ0) is 18.1. The molecule has 0 heterocycles. The number of ketones is 2. The molecule has 0 spiro atoms. The third kappa shape index (κ3) is 7.25. The Bertz CT molecular complexity index is 569. The summed E-state index contributed by atoms with van der Waals surface area (Å²) in [5, 5.41) is 0. The van der Waals surface area contributed by atoms with Crippen molar-refractivity contribution in [3.8, 4) is 0 Å². The third-order valence-corrected chi connectivity index (χ3v) is 4.67. The van der Waals surface area contributed by atoms with Crippen LogP contribution in [-0.2, 0) is 9.59 Å². The first-order chi connectivity index (χ1) is 11.3. The van der Waals surface area contributed by atoms with E-state index in [0.717, 1.165) is 25.7 Å². The summed E-state index contributed by atoms with van der Waals surface area (Å²) in [5.41, 5.74) is 4.11. The first-order valence-corrected chi connectivity index (χ1v) is 9.01. The summed E-state index contributed by atoms with van der Waals surface area (Å²) in [6, 6.07) is 0. The quantitative estimate of drug-likeness (QED) is 0.531. The fourth-order valence-corrected chi connectivity index (χ4v) is 2.87. The molecule has 0 aliphatic heterocycles. The second-order valence-corrected chi connectivity index (χ2v) is 7.23. The van der Waals surface area contributed by atoms with Gasteiger partial charge in [-0.25, -0.2) is 0 Å². The Morgan fingerprint density at radius 2 is 1.42 bits per heavy atom. The van der Waals surface area contributed by atoms with Crippen LogP contribution < -0.4 is 0 Å². The molecular formula is C22H32O2. The van der Waals surface area contributed by atoms with Gasteiger partial charge in [0.05, 0.1) is 0 Å². The monoisotopic (exact) mass is 328 g/mol. The minimum atomic E-state index is -0.191. The second kappa shape index (κ2) is 10.2. The fraction of sp³-hybridized carbons (Fsp3) is 0.545. The normalized spacial score (nSPS) is 22.0. The molecule has 0 fully saturated rings. The van der Waals surface area contributed by atoms with Crippen molar-refractivity contribution in [2.45, 2.75) is 66.7 Å². The van der Waals surface area contributed by atoms with Crippen LogP contribution in [0.25, 0.3) is 0 Å². The highest BCUT2D eigenvalue weighted by Crippen LogP contribution is 2.24. The lowest BCUT2D eigenvalue weighted by molar-refractivity contribution is -0.128. The highest BCUT2D eigenvalue weighted by molar-refractivity contribution is 6.07. The maximum Gasteiger partial charge on any atom is 0.159 e. The van der Waals surface area contributed by atoms with Crippen molar-refractivity contribution in [1.82, 2.24) is 0 Å². The Morgan fingerprint density at radius 3 is 2.04 bits per heavy atom. The SMILES string of the molecule is CC(C)=CCC/C(C)=C/CC/C(C)=C/C[C@@H]1C(=O)C=CC(=O)C1C. The average molecular weight is 328 g/mol. The van der Waals surface area contributed by atoms with E-state index in [1.54, 1.807) is 0 Å². The van der Waals surface area contributed by atoms with Gasteiger partial charge in [-0.2, -0.15) is 0 Å². The lowest BCUT2D eigenvalue weighted by Gasteiger charge is -2.21. The third-order valence-electron chi connectivity index (χ3n) is 4.67. The summed E-state index contributed by atoms with van der Waals surface area (Å²) in [5.74, 6) is -0.218. The highest BCUT2D eigenvalue weighted by Gasteiger charge is 2.29. The lowest BCUT2D eigenvalue weighted by Crippen LogP contribution is -2.29. The van der Waals surface area contributed by atoms with E-state index in [1.165, 1.54) is 28.9 Å². The molecule has 1 aliphatic carbocycles. The van der Waals surface area contributed by atoms with Crippen LogP contribution in [0.5, 0.6) is 0 Å². The van der Waals surface area contributed by atoms with Gasteiger partial charge in [-0.1, -0.05) is 41.9 Å². The first-order valence-electron chi connectivity index (χ1n) is 9.01. The number of hydrogen-bond donors (Lipinski definition) is 0. The van der Waals surface area contributed by atoms with Crippen LogP contribution in [0.1, 0.15) is 66.7 Å². The van der Waals surface area contributed by atoms with Crippen molar-refractivity contribution in [2.75, 3.05) is 0 Å². The molecule has 0 aromatic rings. The van der Waals surface area contributed by atoms with E-state index in [1.807, 2.05) is 6.92 Å². The van der Waals surface area contributed by atoms with Gasteiger partial charge >= 0.3 is 0 Å². The molecule has 0 radical (unpaired) electrons. The van der Waals surface area contributed by atoms with Crippen LogP contribution in [-0.4, -0.2) is 11.6 Å². The van der Waals surface area contributed by atoms with Crippen LogP contribution >= 0.6 is 0 Å². The molecule has 1 rings (SSSR count). The summed E-state index contributed by atoms with van der Waals surface area (Å²) in [6.45, 7) is 10.4. The smallest absolute Gasteiger partial charge is 0.159 e. The highest BCUT2D eigenvalue weighted by atomic mass is 16.1. The molecular weight excluding hydrogens is 296 g/mol. The predicted molar refractivity (Wildman–Crippen MR) is 102 cm³/mol. The molecule has 0 aromatic heterocycles. The Hall–Kier alpha value is -1.70. The van der Waals surface area contributed by atoms with E-state index < -0.39 is 0 Å². The zero-order valence-electron chi connectivity index (χ0n) is 15.9. The van der Waals surface area contributed by atoms with Crippen LogP contribution in [0, 0.1) is 11.8 Å². The fourth-order valence-electron chi connectivity index (χ4n) is 2.87. The van der Waals surface area contributed by atoms with E-state index >= 15 is 0 Å². The molecule has 0 saturated heterocycles. The first kappa shape index (κ1) is 20.3. The number of hydrogen-bond acceptors (Lipinski definition) is 2. The van der Waals surface area contributed by atoms with Gasteiger partial charge in [-0.15, -0.1) is 0 Å². The van der Waals surface area contributed by atoms with Gasteiger partial charge in [-0.3, -0.25) is 9.59 Å². The van der Waals surface area contributed by atoms with E-state index in [-0.39, 0.29) is 23.4 Å². The van der Waals surface area contributed by atoms with Crippen molar-refractivity contribution >= 4 is 11.6 Å². The molecule has 0 N–H and O–H groups in total. The van der Waals surface area contributed by atoms with E-state index in [9.17, 15) is 9.59 Å². The Kier molecular flexibility index (Phi) is 8.67. The van der Waals surface area contributed by atoms with Gasteiger partial charge < -0.3 is 0 Å². The molecule has 0 saturated carbocycles. The molecule has 2 nitrogen and oxygen atoms in total. The van der Waals surface area contributed by atoms with Crippen molar-refractivity contribution < 1.29 is 9.59 Å². The molecule has 0 aromatic carbocycles. The molecule has 0 amide bonds. The molecule has 1 aliphatic rings. The van der Waals surface area contributed by atoms with Gasteiger partial charge in [0.1, 0.15) is 0 Å². The summed E-state index contributed by atoms with van der Waals surface area (Å²) < 4.78 is 0. The van der Waals surface area contributed by atoms with Crippen LogP contribution in [0.3, 0.4) is 0 Å². The molecule has 2 heteroatoms. The maximum atomic E-state index is 11.9. The molecule has 0 bridgehead atoms. The summed E-state index contributed by atoms with van der Waals surface area (Å²) in [4.78, 5) is 23.6. The topological polar surface area (TPSA) is 34.1 Å². The van der Waals surface area contributed by atoms with Gasteiger partial charge in [-0.05, 0) is 72.0 Å². The average Bonchev–Trinajstić information content (AvgIpc) is 2.50. The molecule has 132 valence electrons. The van der Waals surface area contributed by atoms with E-state index in [0.29, 0.717) is 6.42 Å².